The molecular weight excluding hydrogens is 524 g/mol. The van der Waals surface area contributed by atoms with Crippen LogP contribution in [-0.4, -0.2) is 37.0 Å². The maximum absolute atomic E-state index is 14.1. The first-order valence-corrected chi connectivity index (χ1v) is 9.39. The molecule has 1 atom stereocenters. The van der Waals surface area contributed by atoms with Crippen molar-refractivity contribution < 1.29 is 23.5 Å². The summed E-state index contributed by atoms with van der Waals surface area (Å²) in [5.74, 6) is -0.929. The monoisotopic (exact) mass is 537 g/mol. The van der Waals surface area contributed by atoms with Gasteiger partial charge in [-0.1, -0.05) is 0 Å². The van der Waals surface area contributed by atoms with Crippen molar-refractivity contribution >= 4 is 55.8 Å². The van der Waals surface area contributed by atoms with Gasteiger partial charge in [0, 0.05) is 3.57 Å². The Balaban J connectivity index is 1.71. The number of amides is 1. The van der Waals surface area contributed by atoms with Crippen LogP contribution in [0.4, 0.5) is 15.8 Å². The number of pyridine rings is 1. The molecule has 26 heavy (non-hydrogen) atoms. The largest absolute Gasteiger partial charge is 0.353 e. The van der Waals surface area contributed by atoms with Crippen molar-refractivity contribution in [2.75, 3.05) is 25.3 Å². The molecular formula is C16H14BrFIN3O4. The quantitative estimate of drug-likeness (QED) is 0.334. The van der Waals surface area contributed by atoms with Gasteiger partial charge in [-0.3, -0.25) is 9.63 Å². The maximum atomic E-state index is 14.1. The van der Waals surface area contributed by atoms with Crippen LogP contribution < -0.4 is 10.8 Å². The van der Waals surface area contributed by atoms with Crippen molar-refractivity contribution in [3.63, 3.8) is 0 Å². The summed E-state index contributed by atoms with van der Waals surface area (Å²) < 4.78 is 25.6. The van der Waals surface area contributed by atoms with E-state index in [1.807, 2.05) is 22.6 Å². The van der Waals surface area contributed by atoms with Gasteiger partial charge in [0.05, 0.1) is 29.7 Å². The number of benzene rings is 1. The molecule has 1 amide bonds. The smallest absolute Gasteiger partial charge is 0.277 e. The molecule has 1 saturated heterocycles. The molecule has 138 valence electrons. The van der Waals surface area contributed by atoms with Crippen molar-refractivity contribution in [1.29, 1.82) is 0 Å². The molecule has 7 nitrogen and oxygen atoms in total. The topological polar surface area (TPSA) is 81.7 Å². The van der Waals surface area contributed by atoms with E-state index in [4.69, 9.17) is 14.3 Å². The number of hydroxylamine groups is 1. The Morgan fingerprint density at radius 3 is 3.00 bits per heavy atom. The first-order chi connectivity index (χ1) is 12.5. The number of aromatic nitrogens is 1. The molecule has 10 heteroatoms. The second-order valence-electron chi connectivity index (χ2n) is 5.32. The van der Waals surface area contributed by atoms with Crippen molar-refractivity contribution in [3.8, 4) is 0 Å². The summed E-state index contributed by atoms with van der Waals surface area (Å²) >= 11 is 5.24. The van der Waals surface area contributed by atoms with Crippen LogP contribution in [0.2, 0.25) is 0 Å². The number of nitrogens with one attached hydrogen (secondary N) is 2. The van der Waals surface area contributed by atoms with Crippen molar-refractivity contribution in [2.24, 2.45) is 0 Å². The van der Waals surface area contributed by atoms with E-state index in [1.54, 1.807) is 12.1 Å². The van der Waals surface area contributed by atoms with Gasteiger partial charge < -0.3 is 14.8 Å². The highest BCUT2D eigenvalue weighted by atomic mass is 127. The second-order valence-corrected chi connectivity index (χ2v) is 7.38. The number of hydrogen-bond acceptors (Lipinski definition) is 6. The Labute approximate surface area is 170 Å². The predicted molar refractivity (Wildman–Crippen MR) is 103 cm³/mol. The third-order valence-corrected chi connectivity index (χ3v) is 4.55. The van der Waals surface area contributed by atoms with Gasteiger partial charge in [-0.15, -0.1) is 0 Å². The summed E-state index contributed by atoms with van der Waals surface area (Å²) in [4.78, 5) is 21.7. The van der Waals surface area contributed by atoms with Gasteiger partial charge in [0.1, 0.15) is 29.9 Å². The van der Waals surface area contributed by atoms with Gasteiger partial charge in [-0.05, 0) is 62.8 Å². The fraction of sp³-hybridized carbons (Fsp3) is 0.250. The summed E-state index contributed by atoms with van der Waals surface area (Å²) in [6.07, 6.45) is 1.21. The van der Waals surface area contributed by atoms with Crippen molar-refractivity contribution in [2.45, 2.75) is 6.10 Å². The number of ether oxygens (including phenoxy) is 2. The molecule has 2 N–H and O–H groups in total. The maximum Gasteiger partial charge on any atom is 0.277 e. The summed E-state index contributed by atoms with van der Waals surface area (Å²) in [7, 11) is 0. The molecule has 1 aliphatic rings. The number of carbonyl (C=O) groups excluding carboxylic acids is 1. The van der Waals surface area contributed by atoms with Gasteiger partial charge >= 0.3 is 0 Å². The molecule has 0 saturated carbocycles. The highest BCUT2D eigenvalue weighted by Gasteiger charge is 2.18. The van der Waals surface area contributed by atoms with E-state index in [0.29, 0.717) is 16.9 Å². The Hall–Kier alpha value is -1.34. The zero-order chi connectivity index (χ0) is 18.5. The molecule has 0 radical (unpaired) electrons. The van der Waals surface area contributed by atoms with E-state index in [2.05, 4.69) is 31.7 Å². The van der Waals surface area contributed by atoms with Gasteiger partial charge in [0.2, 0.25) is 0 Å². The van der Waals surface area contributed by atoms with E-state index in [-0.39, 0.29) is 30.8 Å². The minimum absolute atomic E-state index is 0.159. The standard InChI is InChI=1S/C16H14BrFIN3O4/c17-15-4-11(16(23)22-26-7-10-6-24-8-25-10)14(5-20-15)21-13-2-1-9(19)3-12(13)18/h1-5,10,21H,6-8H2,(H,22,23)/t10-/m1/s1. The predicted octanol–water partition coefficient (Wildman–Crippen LogP) is 3.37. The summed E-state index contributed by atoms with van der Waals surface area (Å²) in [5.41, 5.74) is 3.17. The lowest BCUT2D eigenvalue weighted by atomic mass is 10.2. The third kappa shape index (κ3) is 5.10. The van der Waals surface area contributed by atoms with Crippen molar-refractivity contribution in [1.82, 2.24) is 10.5 Å². The number of hydrogen-bond donors (Lipinski definition) is 2. The highest BCUT2D eigenvalue weighted by Crippen LogP contribution is 2.25. The normalized spacial score (nSPS) is 16.5. The van der Waals surface area contributed by atoms with E-state index < -0.39 is 11.7 Å². The van der Waals surface area contributed by atoms with Crippen LogP contribution >= 0.6 is 38.5 Å². The Morgan fingerprint density at radius 1 is 1.42 bits per heavy atom. The van der Waals surface area contributed by atoms with E-state index in [9.17, 15) is 9.18 Å². The number of halogens is 3. The number of carbonyl (C=O) groups is 1. The van der Waals surface area contributed by atoms with E-state index in [0.717, 1.165) is 3.57 Å². The summed E-state index contributed by atoms with van der Waals surface area (Å²) in [6.45, 7) is 0.789. The molecule has 0 aliphatic carbocycles. The average molecular weight is 538 g/mol. The van der Waals surface area contributed by atoms with Gasteiger partial charge in [0.25, 0.3) is 5.91 Å². The zero-order valence-electron chi connectivity index (χ0n) is 13.3. The first kappa shape index (κ1) is 19.4. The lowest BCUT2D eigenvalue weighted by Gasteiger charge is -2.14. The Morgan fingerprint density at radius 2 is 2.27 bits per heavy atom. The summed E-state index contributed by atoms with van der Waals surface area (Å²) in [5, 5.41) is 2.88. The van der Waals surface area contributed by atoms with Crippen LogP contribution in [0.25, 0.3) is 0 Å². The fourth-order valence-electron chi connectivity index (χ4n) is 2.18. The number of anilines is 2. The molecule has 2 aromatic rings. The van der Waals surface area contributed by atoms with Gasteiger partial charge in [-0.25, -0.2) is 14.9 Å². The Bertz CT molecular complexity index is 805. The molecule has 1 fully saturated rings. The fourth-order valence-corrected chi connectivity index (χ4v) is 2.96. The summed E-state index contributed by atoms with van der Waals surface area (Å²) in [6, 6.07) is 6.25. The van der Waals surface area contributed by atoms with Gasteiger partial charge in [-0.2, -0.15) is 0 Å². The lowest BCUT2D eigenvalue weighted by Crippen LogP contribution is -2.29. The van der Waals surface area contributed by atoms with Crippen LogP contribution in [0.15, 0.2) is 35.1 Å². The third-order valence-electron chi connectivity index (χ3n) is 3.44. The van der Waals surface area contributed by atoms with Gasteiger partial charge in [0.15, 0.2) is 0 Å². The highest BCUT2D eigenvalue weighted by molar-refractivity contribution is 14.1. The lowest BCUT2D eigenvalue weighted by molar-refractivity contribution is -0.0246. The SMILES string of the molecule is O=C(NOC[C@H]1COCO1)c1cc(Br)ncc1Nc1ccc(I)cc1F. The molecule has 1 aromatic heterocycles. The van der Waals surface area contributed by atoms with Crippen LogP contribution in [0, 0.1) is 9.39 Å². The Kier molecular flexibility index (Phi) is 6.75. The molecule has 1 aliphatic heterocycles. The molecule has 2 heterocycles. The molecule has 0 spiro atoms. The molecule has 1 aromatic carbocycles. The van der Waals surface area contributed by atoms with Crippen molar-refractivity contribution in [3.05, 3.63) is 50.0 Å². The molecule has 0 unspecified atom stereocenters. The van der Waals surface area contributed by atoms with E-state index >= 15 is 0 Å². The average Bonchev–Trinajstić information content (AvgIpc) is 3.12. The molecule has 3 rings (SSSR count). The van der Waals surface area contributed by atoms with Crippen LogP contribution in [-0.2, 0) is 14.3 Å². The number of nitrogens with zero attached hydrogens (tertiary/aromatic N) is 1. The minimum atomic E-state index is -0.500. The first-order valence-electron chi connectivity index (χ1n) is 7.52. The molecule has 0 bridgehead atoms. The number of rotatable bonds is 6. The van der Waals surface area contributed by atoms with Crippen LogP contribution in [0.5, 0.6) is 0 Å². The van der Waals surface area contributed by atoms with Crippen LogP contribution in [0.1, 0.15) is 10.4 Å². The van der Waals surface area contributed by atoms with E-state index in [1.165, 1.54) is 18.3 Å². The van der Waals surface area contributed by atoms with Crippen LogP contribution in [0.3, 0.4) is 0 Å². The minimum Gasteiger partial charge on any atom is -0.353 e. The zero-order valence-corrected chi connectivity index (χ0v) is 17.0. The second kappa shape index (κ2) is 9.04.